The van der Waals surface area contributed by atoms with E-state index in [1.807, 2.05) is 109 Å². The van der Waals surface area contributed by atoms with Crippen molar-refractivity contribution in [1.82, 2.24) is 0 Å². The van der Waals surface area contributed by atoms with Crippen molar-refractivity contribution in [3.63, 3.8) is 0 Å². The molecule has 0 spiro atoms. The Balaban J connectivity index is 1.24. The largest absolute Gasteiger partial charge is 0.461 e. The topological polar surface area (TPSA) is 55.4 Å². The highest BCUT2D eigenvalue weighted by atomic mass is 16.7. The SMILES string of the molecule is c1ccc(COCC2O[C@@H](Oc3cccc4ccccc34)C(OCc3ccccc3)C(OCc3ccccc3)[C@@H]2OCc2ccccc2)cc1. The first kappa shape index (κ1) is 33.7. The standard InChI is InChI=1S/C44H42O6/c1-5-16-33(17-6-1)28-45-32-40-41(46-29-34-18-7-2-8-19-34)42(47-30-35-20-9-3-10-21-35)43(48-31-36-22-11-4-12-23-36)44(50-40)49-39-27-15-25-37-24-13-14-26-38(37)39/h1-27,40-44H,28-32H2/t40?,41-,42?,43?,44-/m1/s1. The molecule has 0 amide bonds. The molecule has 0 saturated carbocycles. The molecule has 1 aliphatic rings. The molecule has 1 fully saturated rings. The third-order valence-electron chi connectivity index (χ3n) is 8.83. The number of hydrogen-bond acceptors (Lipinski definition) is 6. The summed E-state index contributed by atoms with van der Waals surface area (Å²) in [5, 5.41) is 2.06. The molecule has 1 saturated heterocycles. The van der Waals surface area contributed by atoms with Gasteiger partial charge in [-0.1, -0.05) is 158 Å². The maximum atomic E-state index is 6.88. The molecule has 6 heteroatoms. The molecule has 254 valence electrons. The van der Waals surface area contributed by atoms with E-state index in [0.29, 0.717) is 32.2 Å². The molecule has 0 radical (unpaired) electrons. The van der Waals surface area contributed by atoms with Crippen molar-refractivity contribution < 1.29 is 28.4 Å². The monoisotopic (exact) mass is 666 g/mol. The lowest BCUT2D eigenvalue weighted by atomic mass is 9.97. The molecule has 6 nitrogen and oxygen atoms in total. The lowest BCUT2D eigenvalue weighted by molar-refractivity contribution is -0.309. The minimum absolute atomic E-state index is 0.264. The van der Waals surface area contributed by atoms with Gasteiger partial charge in [0.05, 0.1) is 33.0 Å². The minimum atomic E-state index is -0.827. The Bertz CT molecular complexity index is 1860. The van der Waals surface area contributed by atoms with E-state index in [1.165, 1.54) is 0 Å². The number of hydrogen-bond donors (Lipinski definition) is 0. The fourth-order valence-corrected chi connectivity index (χ4v) is 6.27. The van der Waals surface area contributed by atoms with Gasteiger partial charge in [-0.25, -0.2) is 0 Å². The van der Waals surface area contributed by atoms with Gasteiger partial charge in [0, 0.05) is 5.39 Å². The first-order valence-electron chi connectivity index (χ1n) is 17.2. The Morgan fingerprint density at radius 3 is 1.46 bits per heavy atom. The van der Waals surface area contributed by atoms with E-state index in [9.17, 15) is 0 Å². The van der Waals surface area contributed by atoms with Crippen LogP contribution < -0.4 is 4.74 Å². The van der Waals surface area contributed by atoms with Crippen molar-refractivity contribution in [3.05, 3.63) is 186 Å². The van der Waals surface area contributed by atoms with Crippen LogP contribution in [0.2, 0.25) is 0 Å². The smallest absolute Gasteiger partial charge is 0.229 e. The van der Waals surface area contributed by atoms with E-state index in [0.717, 1.165) is 33.0 Å². The third kappa shape index (κ3) is 8.85. The molecule has 0 N–H and O–H groups in total. The van der Waals surface area contributed by atoms with E-state index in [4.69, 9.17) is 28.4 Å². The van der Waals surface area contributed by atoms with Crippen LogP contribution in [0, 0.1) is 0 Å². The van der Waals surface area contributed by atoms with E-state index in [-0.39, 0.29) is 6.61 Å². The van der Waals surface area contributed by atoms with Gasteiger partial charge in [-0.15, -0.1) is 0 Å². The highest BCUT2D eigenvalue weighted by molar-refractivity contribution is 5.88. The van der Waals surface area contributed by atoms with Crippen molar-refractivity contribution in [3.8, 4) is 5.75 Å². The number of ether oxygens (including phenoxy) is 6. The summed E-state index contributed by atoms with van der Waals surface area (Å²) < 4.78 is 40.4. The van der Waals surface area contributed by atoms with Crippen LogP contribution in [0.1, 0.15) is 22.3 Å². The van der Waals surface area contributed by atoms with Gasteiger partial charge in [0.1, 0.15) is 30.2 Å². The lowest BCUT2D eigenvalue weighted by Gasteiger charge is -2.45. The average Bonchev–Trinajstić information content (AvgIpc) is 3.18. The molecule has 1 aliphatic heterocycles. The van der Waals surface area contributed by atoms with Gasteiger partial charge < -0.3 is 28.4 Å². The normalized spacial score (nSPS) is 20.4. The molecule has 0 aromatic heterocycles. The van der Waals surface area contributed by atoms with Gasteiger partial charge in [-0.3, -0.25) is 0 Å². The van der Waals surface area contributed by atoms with Crippen LogP contribution in [0.4, 0.5) is 0 Å². The second-order valence-corrected chi connectivity index (χ2v) is 12.4. The molecule has 3 unspecified atom stereocenters. The molecule has 5 atom stereocenters. The quantitative estimate of drug-likeness (QED) is 0.109. The van der Waals surface area contributed by atoms with Gasteiger partial charge in [0.2, 0.25) is 6.29 Å². The van der Waals surface area contributed by atoms with E-state index < -0.39 is 30.7 Å². The van der Waals surface area contributed by atoms with Crippen LogP contribution in [0.5, 0.6) is 5.75 Å². The number of benzene rings is 6. The van der Waals surface area contributed by atoms with Crippen LogP contribution in [0.3, 0.4) is 0 Å². The van der Waals surface area contributed by atoms with Crippen LogP contribution in [-0.2, 0) is 50.1 Å². The van der Waals surface area contributed by atoms with Crippen molar-refractivity contribution in [2.45, 2.75) is 57.1 Å². The van der Waals surface area contributed by atoms with Gasteiger partial charge in [-0.05, 0) is 33.7 Å². The second kappa shape index (κ2) is 17.2. The van der Waals surface area contributed by atoms with Crippen LogP contribution in [0.25, 0.3) is 10.8 Å². The lowest BCUT2D eigenvalue weighted by Crippen LogP contribution is -2.62. The molecule has 0 bridgehead atoms. The molecule has 0 aliphatic carbocycles. The zero-order valence-corrected chi connectivity index (χ0v) is 28.0. The fourth-order valence-electron chi connectivity index (χ4n) is 6.27. The molecule has 6 aromatic carbocycles. The molecule has 1 heterocycles. The molecular weight excluding hydrogens is 624 g/mol. The Morgan fingerprint density at radius 2 is 0.880 bits per heavy atom. The van der Waals surface area contributed by atoms with Crippen molar-refractivity contribution in [2.75, 3.05) is 6.61 Å². The first-order valence-corrected chi connectivity index (χ1v) is 17.2. The van der Waals surface area contributed by atoms with Crippen LogP contribution in [-0.4, -0.2) is 37.3 Å². The zero-order valence-electron chi connectivity index (χ0n) is 28.0. The van der Waals surface area contributed by atoms with Gasteiger partial charge in [0.25, 0.3) is 0 Å². The van der Waals surface area contributed by atoms with E-state index in [2.05, 4.69) is 54.6 Å². The molecule has 50 heavy (non-hydrogen) atoms. The van der Waals surface area contributed by atoms with Gasteiger partial charge >= 0.3 is 0 Å². The van der Waals surface area contributed by atoms with Gasteiger partial charge in [0.15, 0.2) is 0 Å². The Hall–Kier alpha value is -4.82. The molecule has 7 rings (SSSR count). The maximum Gasteiger partial charge on any atom is 0.229 e. The van der Waals surface area contributed by atoms with Crippen molar-refractivity contribution >= 4 is 10.8 Å². The summed E-state index contributed by atoms with van der Waals surface area (Å²) in [4.78, 5) is 0. The highest BCUT2D eigenvalue weighted by Crippen LogP contribution is 2.34. The summed E-state index contributed by atoms with van der Waals surface area (Å²) in [6, 6.07) is 54.8. The number of fused-ring (bicyclic) bond motifs is 1. The highest BCUT2D eigenvalue weighted by Gasteiger charge is 2.50. The average molecular weight is 667 g/mol. The first-order chi connectivity index (χ1) is 24.8. The summed E-state index contributed by atoms with van der Waals surface area (Å²) >= 11 is 0. The van der Waals surface area contributed by atoms with Crippen LogP contribution in [0.15, 0.2) is 164 Å². The Kier molecular flexibility index (Phi) is 11.6. The Labute approximate surface area is 294 Å². The Morgan fingerprint density at radius 1 is 0.420 bits per heavy atom. The van der Waals surface area contributed by atoms with E-state index >= 15 is 0 Å². The zero-order chi connectivity index (χ0) is 33.8. The second-order valence-electron chi connectivity index (χ2n) is 12.4. The maximum absolute atomic E-state index is 6.88. The minimum Gasteiger partial charge on any atom is -0.461 e. The van der Waals surface area contributed by atoms with Crippen molar-refractivity contribution in [2.24, 2.45) is 0 Å². The molecular formula is C44H42O6. The predicted molar refractivity (Wildman–Crippen MR) is 194 cm³/mol. The predicted octanol–water partition coefficient (Wildman–Crippen LogP) is 8.92. The fraction of sp³-hybridized carbons (Fsp3) is 0.227. The summed E-state index contributed by atoms with van der Waals surface area (Å²) in [6.07, 6.45) is -3.11. The number of rotatable bonds is 15. The van der Waals surface area contributed by atoms with Crippen LogP contribution >= 0.6 is 0 Å². The summed E-state index contributed by atoms with van der Waals surface area (Å²) in [7, 11) is 0. The summed E-state index contributed by atoms with van der Waals surface area (Å²) in [6.45, 7) is 1.77. The van der Waals surface area contributed by atoms with Gasteiger partial charge in [-0.2, -0.15) is 0 Å². The third-order valence-corrected chi connectivity index (χ3v) is 8.83. The van der Waals surface area contributed by atoms with E-state index in [1.54, 1.807) is 0 Å². The molecule has 6 aromatic rings. The van der Waals surface area contributed by atoms with Crippen molar-refractivity contribution in [1.29, 1.82) is 0 Å². The summed E-state index contributed by atoms with van der Waals surface area (Å²) in [5.41, 5.74) is 4.21. The summed E-state index contributed by atoms with van der Waals surface area (Å²) in [5.74, 6) is 0.704.